The van der Waals surface area contributed by atoms with Crippen molar-refractivity contribution in [3.05, 3.63) is 65.0 Å². The number of hydrogen-bond acceptors (Lipinski definition) is 4. The van der Waals surface area contributed by atoms with E-state index >= 15 is 0 Å². The molecule has 128 valence electrons. The Bertz CT molecular complexity index is 803. The predicted molar refractivity (Wildman–Crippen MR) is 95.1 cm³/mol. The fourth-order valence-electron chi connectivity index (χ4n) is 3.07. The van der Waals surface area contributed by atoms with Crippen LogP contribution in [0.15, 0.2) is 42.5 Å². The number of halogens is 1. The molecule has 2 aromatic carbocycles. The van der Waals surface area contributed by atoms with Crippen LogP contribution >= 0.6 is 0 Å². The summed E-state index contributed by atoms with van der Waals surface area (Å²) in [6, 6.07) is 14.4. The van der Waals surface area contributed by atoms with Crippen LogP contribution in [0, 0.1) is 17.1 Å². The molecule has 25 heavy (non-hydrogen) atoms. The first-order valence-electron chi connectivity index (χ1n) is 8.33. The van der Waals surface area contributed by atoms with Crippen molar-refractivity contribution < 1.29 is 9.18 Å². The van der Waals surface area contributed by atoms with Gasteiger partial charge in [0.05, 0.1) is 17.3 Å². The summed E-state index contributed by atoms with van der Waals surface area (Å²) in [7, 11) is 0. The Morgan fingerprint density at radius 1 is 1.12 bits per heavy atom. The van der Waals surface area contributed by atoms with Crippen LogP contribution in [0.25, 0.3) is 0 Å². The number of rotatable bonds is 4. The van der Waals surface area contributed by atoms with Gasteiger partial charge in [-0.05, 0) is 42.8 Å². The third kappa shape index (κ3) is 4.04. The Morgan fingerprint density at radius 2 is 1.80 bits per heavy atom. The standard InChI is InChI=1S/C20H20FN3O/c1-15(25)18-6-7-20(19(21)12-18)24-10-8-23(9-11-24)14-17-4-2-16(13-22)3-5-17/h2-7,12H,8-11,14H2,1H3. The van der Waals surface area contributed by atoms with E-state index < -0.39 is 0 Å². The van der Waals surface area contributed by atoms with Crippen LogP contribution in [0.5, 0.6) is 0 Å². The molecule has 0 aliphatic carbocycles. The maximum Gasteiger partial charge on any atom is 0.159 e. The number of nitrogens with zero attached hydrogens (tertiary/aromatic N) is 3. The zero-order chi connectivity index (χ0) is 17.8. The molecule has 4 nitrogen and oxygen atoms in total. The van der Waals surface area contributed by atoms with Crippen molar-refractivity contribution in [3.63, 3.8) is 0 Å². The molecule has 0 N–H and O–H groups in total. The van der Waals surface area contributed by atoms with Crippen LogP contribution < -0.4 is 4.90 Å². The molecule has 0 bridgehead atoms. The fourth-order valence-corrected chi connectivity index (χ4v) is 3.07. The quantitative estimate of drug-likeness (QED) is 0.804. The van der Waals surface area contributed by atoms with Crippen molar-refractivity contribution in [2.45, 2.75) is 13.5 Å². The summed E-state index contributed by atoms with van der Waals surface area (Å²) in [6.07, 6.45) is 0. The first-order chi connectivity index (χ1) is 12.1. The van der Waals surface area contributed by atoms with E-state index in [1.807, 2.05) is 29.2 Å². The molecule has 1 heterocycles. The molecule has 1 aliphatic heterocycles. The van der Waals surface area contributed by atoms with Gasteiger partial charge in [-0.2, -0.15) is 5.26 Å². The Kier molecular flexibility index (Phi) is 5.11. The SMILES string of the molecule is CC(=O)c1ccc(N2CCN(Cc3ccc(C#N)cc3)CC2)c(F)c1. The highest BCUT2D eigenvalue weighted by Crippen LogP contribution is 2.22. The van der Waals surface area contributed by atoms with E-state index in [1.54, 1.807) is 12.1 Å². The van der Waals surface area contributed by atoms with E-state index in [-0.39, 0.29) is 11.6 Å². The van der Waals surface area contributed by atoms with Gasteiger partial charge in [-0.15, -0.1) is 0 Å². The highest BCUT2D eigenvalue weighted by atomic mass is 19.1. The smallest absolute Gasteiger partial charge is 0.159 e. The van der Waals surface area contributed by atoms with Crippen molar-refractivity contribution >= 4 is 11.5 Å². The Labute approximate surface area is 147 Å². The van der Waals surface area contributed by atoms with Gasteiger partial charge in [-0.1, -0.05) is 12.1 Å². The zero-order valence-electron chi connectivity index (χ0n) is 14.2. The van der Waals surface area contributed by atoms with E-state index in [0.717, 1.165) is 32.7 Å². The minimum atomic E-state index is -0.340. The van der Waals surface area contributed by atoms with Crippen molar-refractivity contribution in [3.8, 4) is 6.07 Å². The van der Waals surface area contributed by atoms with Crippen molar-refractivity contribution in [1.82, 2.24) is 4.90 Å². The molecule has 0 amide bonds. The van der Waals surface area contributed by atoms with Gasteiger partial charge in [0.2, 0.25) is 0 Å². The summed E-state index contributed by atoms with van der Waals surface area (Å²) in [5.74, 6) is -0.467. The zero-order valence-corrected chi connectivity index (χ0v) is 14.2. The summed E-state index contributed by atoms with van der Waals surface area (Å²) in [5.41, 5.74) is 2.80. The average molecular weight is 337 g/mol. The van der Waals surface area contributed by atoms with E-state index in [2.05, 4.69) is 11.0 Å². The monoisotopic (exact) mass is 337 g/mol. The number of nitriles is 1. The third-order valence-electron chi connectivity index (χ3n) is 4.56. The van der Waals surface area contributed by atoms with Crippen LogP contribution in [-0.2, 0) is 6.54 Å². The number of Topliss-reactive ketones (excluding diaryl/α,β-unsaturated/α-hetero) is 1. The molecule has 3 rings (SSSR count). The van der Waals surface area contributed by atoms with Gasteiger partial charge in [-0.25, -0.2) is 4.39 Å². The second-order valence-electron chi connectivity index (χ2n) is 6.29. The molecule has 1 fully saturated rings. The molecule has 0 unspecified atom stereocenters. The molecule has 0 atom stereocenters. The number of carbonyl (C=O) groups is 1. The highest BCUT2D eigenvalue weighted by molar-refractivity contribution is 5.94. The third-order valence-corrected chi connectivity index (χ3v) is 4.56. The van der Waals surface area contributed by atoms with Gasteiger partial charge in [0.15, 0.2) is 5.78 Å². The summed E-state index contributed by atoms with van der Waals surface area (Å²) in [4.78, 5) is 15.7. The van der Waals surface area contributed by atoms with Gasteiger partial charge in [0.1, 0.15) is 5.82 Å². The molecule has 0 spiro atoms. The average Bonchev–Trinajstić information content (AvgIpc) is 2.63. The molecule has 0 saturated carbocycles. The number of hydrogen-bond donors (Lipinski definition) is 0. The molecule has 1 saturated heterocycles. The molecule has 2 aromatic rings. The number of piperazine rings is 1. The van der Waals surface area contributed by atoms with Gasteiger partial charge in [0, 0.05) is 38.3 Å². The van der Waals surface area contributed by atoms with Crippen molar-refractivity contribution in [2.75, 3.05) is 31.1 Å². The second-order valence-corrected chi connectivity index (χ2v) is 6.29. The Hall–Kier alpha value is -2.71. The normalized spacial score (nSPS) is 15.0. The second kappa shape index (κ2) is 7.45. The highest BCUT2D eigenvalue weighted by Gasteiger charge is 2.20. The van der Waals surface area contributed by atoms with E-state index in [0.29, 0.717) is 16.8 Å². The van der Waals surface area contributed by atoms with Crippen molar-refractivity contribution in [2.24, 2.45) is 0 Å². The first-order valence-corrected chi connectivity index (χ1v) is 8.33. The van der Waals surface area contributed by atoms with Crippen LogP contribution in [-0.4, -0.2) is 36.9 Å². The lowest BCUT2D eigenvalue weighted by Crippen LogP contribution is -2.46. The molecule has 5 heteroatoms. The van der Waals surface area contributed by atoms with E-state index in [1.165, 1.54) is 18.6 Å². The molecular weight excluding hydrogens is 317 g/mol. The first kappa shape index (κ1) is 17.1. The minimum absolute atomic E-state index is 0.127. The lowest BCUT2D eigenvalue weighted by atomic mass is 10.1. The summed E-state index contributed by atoms with van der Waals surface area (Å²) >= 11 is 0. The summed E-state index contributed by atoms with van der Waals surface area (Å²) < 4.78 is 14.3. The van der Waals surface area contributed by atoms with E-state index in [4.69, 9.17) is 5.26 Å². The fraction of sp³-hybridized carbons (Fsp3) is 0.300. The number of carbonyl (C=O) groups excluding carboxylic acids is 1. The number of ketones is 1. The van der Waals surface area contributed by atoms with Gasteiger partial charge in [-0.3, -0.25) is 9.69 Å². The molecule has 0 aromatic heterocycles. The van der Waals surface area contributed by atoms with E-state index in [9.17, 15) is 9.18 Å². The topological polar surface area (TPSA) is 47.3 Å². The summed E-state index contributed by atoms with van der Waals surface area (Å²) in [6.45, 7) is 5.43. The molecule has 0 radical (unpaired) electrons. The maximum absolute atomic E-state index is 14.3. The number of benzene rings is 2. The molecule has 1 aliphatic rings. The Balaban J connectivity index is 1.60. The van der Waals surface area contributed by atoms with Crippen LogP contribution in [0.2, 0.25) is 0 Å². The van der Waals surface area contributed by atoms with Crippen LogP contribution in [0.3, 0.4) is 0 Å². The minimum Gasteiger partial charge on any atom is -0.367 e. The van der Waals surface area contributed by atoms with Crippen LogP contribution in [0.4, 0.5) is 10.1 Å². The largest absolute Gasteiger partial charge is 0.367 e. The molecular formula is C20H20FN3O. The van der Waals surface area contributed by atoms with Gasteiger partial charge in [0.25, 0.3) is 0 Å². The lowest BCUT2D eigenvalue weighted by molar-refractivity contribution is 0.101. The maximum atomic E-state index is 14.3. The number of anilines is 1. The predicted octanol–water partition coefficient (Wildman–Crippen LogP) is 3.22. The van der Waals surface area contributed by atoms with Crippen LogP contribution in [0.1, 0.15) is 28.4 Å². The summed E-state index contributed by atoms with van der Waals surface area (Å²) in [5, 5.41) is 8.84. The lowest BCUT2D eigenvalue weighted by Gasteiger charge is -2.36. The Morgan fingerprint density at radius 3 is 2.36 bits per heavy atom. The van der Waals surface area contributed by atoms with Crippen molar-refractivity contribution in [1.29, 1.82) is 5.26 Å². The van der Waals surface area contributed by atoms with Gasteiger partial charge >= 0.3 is 0 Å². The van der Waals surface area contributed by atoms with Gasteiger partial charge < -0.3 is 4.90 Å².